The van der Waals surface area contributed by atoms with Crippen LogP contribution in [0.5, 0.6) is 5.75 Å². The summed E-state index contributed by atoms with van der Waals surface area (Å²) in [5.41, 5.74) is 0.350. The molecule has 0 saturated heterocycles. The number of nitro groups is 1. The second-order valence-electron chi connectivity index (χ2n) is 3.73. The summed E-state index contributed by atoms with van der Waals surface area (Å²) in [5.74, 6) is 0.966. The lowest BCUT2D eigenvalue weighted by atomic mass is 10.2. The average molecular weight is 262 g/mol. The Balaban J connectivity index is 2.23. The van der Waals surface area contributed by atoms with E-state index in [1.807, 2.05) is 0 Å². The van der Waals surface area contributed by atoms with Crippen LogP contribution in [-0.2, 0) is 6.54 Å². The van der Waals surface area contributed by atoms with E-state index < -0.39 is 4.92 Å². The van der Waals surface area contributed by atoms with Crippen molar-refractivity contribution in [3.8, 4) is 5.75 Å². The molecule has 0 bridgehead atoms. The molecule has 0 unspecified atom stereocenters. The SMILES string of the molecule is CCOc1cccc(NCc2ncc[nH]2)c1[N+](=O)[O-]. The molecule has 0 aliphatic heterocycles. The number of aromatic nitrogens is 2. The molecule has 2 N–H and O–H groups in total. The third-order valence-electron chi connectivity index (χ3n) is 2.48. The van der Waals surface area contributed by atoms with Crippen molar-refractivity contribution in [2.24, 2.45) is 0 Å². The molecule has 0 radical (unpaired) electrons. The van der Waals surface area contributed by atoms with Gasteiger partial charge in [0.1, 0.15) is 11.5 Å². The molecular weight excluding hydrogens is 248 g/mol. The van der Waals surface area contributed by atoms with Crippen LogP contribution in [0.25, 0.3) is 0 Å². The normalized spacial score (nSPS) is 10.2. The fourth-order valence-corrected chi connectivity index (χ4v) is 1.70. The molecule has 7 heteroatoms. The van der Waals surface area contributed by atoms with E-state index in [1.165, 1.54) is 0 Å². The highest BCUT2D eigenvalue weighted by Crippen LogP contribution is 2.34. The van der Waals surface area contributed by atoms with Gasteiger partial charge in [-0.1, -0.05) is 6.07 Å². The zero-order valence-corrected chi connectivity index (χ0v) is 10.4. The first kappa shape index (κ1) is 12.9. The number of nitrogens with one attached hydrogen (secondary N) is 2. The van der Waals surface area contributed by atoms with Crippen LogP contribution in [-0.4, -0.2) is 21.5 Å². The minimum Gasteiger partial charge on any atom is -0.487 e. The van der Waals surface area contributed by atoms with Crippen LogP contribution in [0.1, 0.15) is 12.7 Å². The van der Waals surface area contributed by atoms with Gasteiger partial charge in [-0.15, -0.1) is 0 Å². The highest BCUT2D eigenvalue weighted by Gasteiger charge is 2.20. The highest BCUT2D eigenvalue weighted by molar-refractivity contribution is 5.68. The number of anilines is 1. The first-order valence-electron chi connectivity index (χ1n) is 5.84. The molecule has 1 aromatic heterocycles. The molecule has 1 aromatic carbocycles. The van der Waals surface area contributed by atoms with Crippen molar-refractivity contribution in [3.05, 3.63) is 46.5 Å². The van der Waals surface area contributed by atoms with Gasteiger partial charge in [-0.05, 0) is 19.1 Å². The Hall–Kier alpha value is -2.57. The molecule has 0 atom stereocenters. The van der Waals surface area contributed by atoms with Crippen molar-refractivity contribution < 1.29 is 9.66 Å². The molecule has 1 heterocycles. The Morgan fingerprint density at radius 2 is 2.37 bits per heavy atom. The van der Waals surface area contributed by atoms with Crippen molar-refractivity contribution in [1.82, 2.24) is 9.97 Å². The summed E-state index contributed by atoms with van der Waals surface area (Å²) in [5, 5.41) is 14.1. The van der Waals surface area contributed by atoms with Gasteiger partial charge in [0.05, 0.1) is 18.1 Å². The number of para-hydroxylation sites is 1. The van der Waals surface area contributed by atoms with Crippen molar-refractivity contribution in [1.29, 1.82) is 0 Å². The number of nitrogens with zero attached hydrogens (tertiary/aromatic N) is 2. The number of hydrogen-bond acceptors (Lipinski definition) is 5. The Labute approximate surface area is 109 Å². The largest absolute Gasteiger partial charge is 0.487 e. The zero-order chi connectivity index (χ0) is 13.7. The van der Waals surface area contributed by atoms with Crippen molar-refractivity contribution in [3.63, 3.8) is 0 Å². The van der Waals surface area contributed by atoms with Crippen molar-refractivity contribution >= 4 is 11.4 Å². The Morgan fingerprint density at radius 1 is 1.53 bits per heavy atom. The van der Waals surface area contributed by atoms with Crippen molar-refractivity contribution in [2.45, 2.75) is 13.5 Å². The van der Waals surface area contributed by atoms with Crippen molar-refractivity contribution in [2.75, 3.05) is 11.9 Å². The first-order chi connectivity index (χ1) is 9.22. The smallest absolute Gasteiger partial charge is 0.333 e. The molecule has 0 aliphatic carbocycles. The number of rotatable bonds is 6. The molecule has 0 aliphatic rings. The second kappa shape index (κ2) is 5.85. The fraction of sp³-hybridized carbons (Fsp3) is 0.250. The molecule has 0 fully saturated rings. The second-order valence-corrected chi connectivity index (χ2v) is 3.73. The van der Waals surface area contributed by atoms with Gasteiger partial charge in [0.15, 0.2) is 5.75 Å². The van der Waals surface area contributed by atoms with Gasteiger partial charge < -0.3 is 15.0 Å². The standard InChI is InChI=1S/C12H14N4O3/c1-2-19-10-5-3-4-9(12(10)16(17)18)15-8-11-13-6-7-14-11/h3-7,15H,2,8H2,1H3,(H,13,14). The van der Waals surface area contributed by atoms with Gasteiger partial charge in [-0.3, -0.25) is 10.1 Å². The Morgan fingerprint density at radius 3 is 3.00 bits per heavy atom. The maximum absolute atomic E-state index is 11.1. The van der Waals surface area contributed by atoms with E-state index in [-0.39, 0.29) is 11.4 Å². The molecule has 0 saturated carbocycles. The molecule has 7 nitrogen and oxygen atoms in total. The van der Waals surface area contributed by atoms with Crippen LogP contribution in [0, 0.1) is 10.1 Å². The molecule has 100 valence electrons. The lowest BCUT2D eigenvalue weighted by molar-refractivity contribution is -0.384. The van der Waals surface area contributed by atoms with Gasteiger partial charge in [0.25, 0.3) is 0 Å². The summed E-state index contributed by atoms with van der Waals surface area (Å²) < 4.78 is 5.27. The predicted molar refractivity (Wildman–Crippen MR) is 70.2 cm³/mol. The molecule has 19 heavy (non-hydrogen) atoms. The van der Waals surface area contributed by atoms with E-state index >= 15 is 0 Å². The minimum atomic E-state index is -0.449. The third-order valence-corrected chi connectivity index (χ3v) is 2.48. The van der Waals surface area contributed by atoms with E-state index in [2.05, 4.69) is 15.3 Å². The van der Waals surface area contributed by atoms with Gasteiger partial charge in [0.2, 0.25) is 0 Å². The van der Waals surface area contributed by atoms with Crippen LogP contribution in [0.2, 0.25) is 0 Å². The van der Waals surface area contributed by atoms with E-state index in [1.54, 1.807) is 37.5 Å². The van der Waals surface area contributed by atoms with Gasteiger partial charge >= 0.3 is 5.69 Å². The number of benzene rings is 1. The third kappa shape index (κ3) is 3.01. The number of imidazole rings is 1. The number of nitro benzene ring substituents is 1. The number of hydrogen-bond donors (Lipinski definition) is 2. The lowest BCUT2D eigenvalue weighted by Crippen LogP contribution is -2.05. The Kier molecular flexibility index (Phi) is 3.97. The van der Waals surface area contributed by atoms with Gasteiger partial charge in [-0.25, -0.2) is 4.98 Å². The van der Waals surface area contributed by atoms with Crippen LogP contribution < -0.4 is 10.1 Å². The number of H-pyrrole nitrogens is 1. The van der Waals surface area contributed by atoms with Crippen LogP contribution in [0.3, 0.4) is 0 Å². The van der Waals surface area contributed by atoms with Crippen LogP contribution in [0.15, 0.2) is 30.6 Å². The summed E-state index contributed by atoms with van der Waals surface area (Å²) in [6.45, 7) is 2.54. The highest BCUT2D eigenvalue weighted by atomic mass is 16.6. The summed E-state index contributed by atoms with van der Waals surface area (Å²) in [4.78, 5) is 17.7. The summed E-state index contributed by atoms with van der Waals surface area (Å²) >= 11 is 0. The molecule has 0 spiro atoms. The monoisotopic (exact) mass is 262 g/mol. The lowest BCUT2D eigenvalue weighted by Gasteiger charge is -2.09. The van der Waals surface area contributed by atoms with Crippen LogP contribution >= 0.6 is 0 Å². The summed E-state index contributed by atoms with van der Waals surface area (Å²) in [6.07, 6.45) is 3.32. The molecular formula is C12H14N4O3. The molecule has 2 rings (SSSR count). The van der Waals surface area contributed by atoms with Gasteiger partial charge in [0, 0.05) is 12.4 Å². The minimum absolute atomic E-state index is 0.0593. The number of ether oxygens (including phenoxy) is 1. The van der Waals surface area contributed by atoms with E-state index in [0.29, 0.717) is 24.7 Å². The zero-order valence-electron chi connectivity index (χ0n) is 10.4. The topological polar surface area (TPSA) is 93.1 Å². The molecule has 2 aromatic rings. The summed E-state index contributed by atoms with van der Waals surface area (Å²) in [6, 6.07) is 4.94. The quantitative estimate of drug-likeness (QED) is 0.615. The van der Waals surface area contributed by atoms with E-state index in [0.717, 1.165) is 0 Å². The maximum atomic E-state index is 11.1. The van der Waals surface area contributed by atoms with Gasteiger partial charge in [-0.2, -0.15) is 0 Å². The number of aromatic amines is 1. The van der Waals surface area contributed by atoms with E-state index in [4.69, 9.17) is 4.74 Å². The average Bonchev–Trinajstić information content (AvgIpc) is 2.89. The fourth-order valence-electron chi connectivity index (χ4n) is 1.70. The van der Waals surface area contributed by atoms with Crippen LogP contribution in [0.4, 0.5) is 11.4 Å². The Bertz CT molecular complexity index is 554. The molecule has 0 amide bonds. The first-order valence-corrected chi connectivity index (χ1v) is 5.84. The summed E-state index contributed by atoms with van der Waals surface area (Å²) in [7, 11) is 0. The maximum Gasteiger partial charge on any atom is 0.333 e. The van der Waals surface area contributed by atoms with E-state index in [9.17, 15) is 10.1 Å². The predicted octanol–water partition coefficient (Wildman–Crippen LogP) is 2.33.